The average Bonchev–Trinajstić information content (AvgIpc) is 2.91. The molecule has 0 aromatic heterocycles. The molecule has 2 aliphatic rings. The predicted octanol–water partition coefficient (Wildman–Crippen LogP) is 2.49. The van der Waals surface area contributed by atoms with Crippen LogP contribution >= 0.6 is 0 Å². The standard InChI is InChI=1S/C17H22F2N2O3/c1-11-8-12(21-16(22)14-9-17(18,19)10-20-14)2-3-15(11)24-13-4-6-23-7-5-13/h2-3,8,13-14,20H,4-7,9-10H2,1H3,(H,21,22). The topological polar surface area (TPSA) is 59.6 Å². The molecular formula is C17H22F2N2O3. The van der Waals surface area contributed by atoms with E-state index in [1.165, 1.54) is 0 Å². The van der Waals surface area contributed by atoms with E-state index in [9.17, 15) is 13.6 Å². The number of hydrogen-bond donors (Lipinski definition) is 2. The molecule has 7 heteroatoms. The smallest absolute Gasteiger partial charge is 0.262 e. The van der Waals surface area contributed by atoms with Crippen molar-refractivity contribution in [2.24, 2.45) is 0 Å². The van der Waals surface area contributed by atoms with Gasteiger partial charge in [0.2, 0.25) is 5.91 Å². The van der Waals surface area contributed by atoms with E-state index in [0.29, 0.717) is 18.9 Å². The van der Waals surface area contributed by atoms with Gasteiger partial charge in [-0.15, -0.1) is 0 Å². The molecule has 2 saturated heterocycles. The Morgan fingerprint density at radius 3 is 2.75 bits per heavy atom. The number of aryl methyl sites for hydroxylation is 1. The number of halogens is 2. The number of benzene rings is 1. The highest BCUT2D eigenvalue weighted by atomic mass is 19.3. The second-order valence-electron chi connectivity index (χ2n) is 6.39. The number of anilines is 1. The zero-order chi connectivity index (χ0) is 17.2. The Kier molecular flexibility index (Phi) is 5.01. The Hall–Kier alpha value is -1.73. The highest BCUT2D eigenvalue weighted by molar-refractivity contribution is 5.95. The zero-order valence-electron chi connectivity index (χ0n) is 13.6. The maximum atomic E-state index is 13.2. The van der Waals surface area contributed by atoms with Gasteiger partial charge in [0, 0.05) is 24.9 Å². The van der Waals surface area contributed by atoms with Crippen LogP contribution in [-0.2, 0) is 9.53 Å². The summed E-state index contributed by atoms with van der Waals surface area (Å²) in [7, 11) is 0. The molecule has 132 valence electrons. The molecule has 0 radical (unpaired) electrons. The molecule has 1 aromatic carbocycles. The van der Waals surface area contributed by atoms with E-state index in [1.807, 2.05) is 6.92 Å². The Labute approximate surface area is 139 Å². The van der Waals surface area contributed by atoms with Crippen molar-refractivity contribution in [3.8, 4) is 5.75 Å². The third-order valence-electron chi connectivity index (χ3n) is 4.33. The van der Waals surface area contributed by atoms with Crippen LogP contribution in [0.2, 0.25) is 0 Å². The minimum atomic E-state index is -2.82. The van der Waals surface area contributed by atoms with Crippen molar-refractivity contribution in [2.75, 3.05) is 25.1 Å². The van der Waals surface area contributed by atoms with Gasteiger partial charge < -0.3 is 14.8 Å². The van der Waals surface area contributed by atoms with Crippen LogP contribution in [0.25, 0.3) is 0 Å². The molecule has 2 N–H and O–H groups in total. The molecule has 1 unspecified atom stereocenters. The molecule has 0 bridgehead atoms. The minimum Gasteiger partial charge on any atom is -0.490 e. The monoisotopic (exact) mass is 340 g/mol. The van der Waals surface area contributed by atoms with Crippen molar-refractivity contribution < 1.29 is 23.0 Å². The molecule has 2 fully saturated rings. The molecule has 2 aliphatic heterocycles. The van der Waals surface area contributed by atoms with E-state index >= 15 is 0 Å². The van der Waals surface area contributed by atoms with Gasteiger partial charge in [-0.1, -0.05) is 0 Å². The van der Waals surface area contributed by atoms with E-state index in [2.05, 4.69) is 10.6 Å². The van der Waals surface area contributed by atoms with Gasteiger partial charge in [-0.25, -0.2) is 8.78 Å². The van der Waals surface area contributed by atoms with E-state index in [1.54, 1.807) is 18.2 Å². The molecule has 1 atom stereocenters. The molecule has 0 spiro atoms. The van der Waals surface area contributed by atoms with Crippen LogP contribution < -0.4 is 15.4 Å². The third kappa shape index (κ3) is 4.21. The maximum absolute atomic E-state index is 13.2. The molecule has 0 aliphatic carbocycles. The number of hydrogen-bond acceptors (Lipinski definition) is 4. The molecular weight excluding hydrogens is 318 g/mol. The summed E-state index contributed by atoms with van der Waals surface area (Å²) in [6, 6.07) is 4.46. The third-order valence-corrected chi connectivity index (χ3v) is 4.33. The van der Waals surface area contributed by atoms with E-state index in [0.717, 1.165) is 24.2 Å². The fourth-order valence-electron chi connectivity index (χ4n) is 2.96. The van der Waals surface area contributed by atoms with Crippen molar-refractivity contribution in [1.29, 1.82) is 0 Å². The first kappa shape index (κ1) is 17.1. The van der Waals surface area contributed by atoms with Crippen molar-refractivity contribution >= 4 is 11.6 Å². The lowest BCUT2D eigenvalue weighted by molar-refractivity contribution is -0.118. The first-order chi connectivity index (χ1) is 11.4. The first-order valence-electron chi connectivity index (χ1n) is 8.20. The Morgan fingerprint density at radius 1 is 1.38 bits per heavy atom. The fourth-order valence-corrected chi connectivity index (χ4v) is 2.96. The fraction of sp³-hybridized carbons (Fsp3) is 0.588. The molecule has 1 aromatic rings. The second kappa shape index (κ2) is 7.03. The molecule has 1 amide bonds. The number of ether oxygens (including phenoxy) is 2. The lowest BCUT2D eigenvalue weighted by Gasteiger charge is -2.24. The minimum absolute atomic E-state index is 0.141. The SMILES string of the molecule is Cc1cc(NC(=O)C2CC(F)(F)CN2)ccc1OC1CCOCC1. The quantitative estimate of drug-likeness (QED) is 0.884. The lowest BCUT2D eigenvalue weighted by atomic mass is 10.1. The van der Waals surface area contributed by atoms with E-state index < -0.39 is 30.8 Å². The zero-order valence-corrected chi connectivity index (χ0v) is 13.6. The van der Waals surface area contributed by atoms with Crippen LogP contribution in [0.1, 0.15) is 24.8 Å². The van der Waals surface area contributed by atoms with E-state index in [4.69, 9.17) is 9.47 Å². The van der Waals surface area contributed by atoms with Gasteiger partial charge >= 0.3 is 0 Å². The van der Waals surface area contributed by atoms with Crippen LogP contribution in [0.3, 0.4) is 0 Å². The number of nitrogens with one attached hydrogen (secondary N) is 2. The van der Waals surface area contributed by atoms with Gasteiger partial charge in [0.25, 0.3) is 5.92 Å². The Balaban J connectivity index is 1.59. The van der Waals surface area contributed by atoms with E-state index in [-0.39, 0.29) is 6.10 Å². The summed E-state index contributed by atoms with van der Waals surface area (Å²) >= 11 is 0. The largest absolute Gasteiger partial charge is 0.490 e. The summed E-state index contributed by atoms with van der Waals surface area (Å²) in [5.41, 5.74) is 1.47. The van der Waals surface area contributed by atoms with Crippen LogP contribution in [-0.4, -0.2) is 43.7 Å². The van der Waals surface area contributed by atoms with Gasteiger partial charge in [0.15, 0.2) is 0 Å². The normalized spacial score (nSPS) is 23.9. The van der Waals surface area contributed by atoms with Gasteiger partial charge in [-0.2, -0.15) is 0 Å². The van der Waals surface area contributed by atoms with Gasteiger partial charge in [-0.3, -0.25) is 10.1 Å². The highest BCUT2D eigenvalue weighted by Gasteiger charge is 2.42. The lowest BCUT2D eigenvalue weighted by Crippen LogP contribution is -2.35. The highest BCUT2D eigenvalue weighted by Crippen LogP contribution is 2.27. The van der Waals surface area contributed by atoms with Crippen molar-refractivity contribution in [3.63, 3.8) is 0 Å². The average molecular weight is 340 g/mol. The first-order valence-corrected chi connectivity index (χ1v) is 8.20. The van der Waals surface area contributed by atoms with Crippen molar-refractivity contribution in [1.82, 2.24) is 5.32 Å². The van der Waals surface area contributed by atoms with Crippen LogP contribution in [0.5, 0.6) is 5.75 Å². The van der Waals surface area contributed by atoms with Crippen molar-refractivity contribution in [2.45, 2.75) is 44.3 Å². The molecule has 24 heavy (non-hydrogen) atoms. The summed E-state index contributed by atoms with van der Waals surface area (Å²) in [5, 5.41) is 5.23. The molecule has 5 nitrogen and oxygen atoms in total. The van der Waals surface area contributed by atoms with Crippen LogP contribution in [0.15, 0.2) is 18.2 Å². The van der Waals surface area contributed by atoms with Crippen LogP contribution in [0.4, 0.5) is 14.5 Å². The number of carbonyl (C=O) groups excluding carboxylic acids is 1. The number of amides is 1. The number of alkyl halides is 2. The summed E-state index contributed by atoms with van der Waals surface area (Å²) in [4.78, 5) is 12.1. The summed E-state index contributed by atoms with van der Waals surface area (Å²) in [5.74, 6) is -2.49. The van der Waals surface area contributed by atoms with Crippen molar-refractivity contribution in [3.05, 3.63) is 23.8 Å². The predicted molar refractivity (Wildman–Crippen MR) is 85.6 cm³/mol. The summed E-state index contributed by atoms with van der Waals surface area (Å²) < 4.78 is 37.6. The summed E-state index contributed by atoms with van der Waals surface area (Å²) in [6.45, 7) is 2.85. The van der Waals surface area contributed by atoms with Crippen LogP contribution in [0, 0.1) is 6.92 Å². The van der Waals surface area contributed by atoms with Gasteiger partial charge in [0.1, 0.15) is 11.9 Å². The van der Waals surface area contributed by atoms with Gasteiger partial charge in [0.05, 0.1) is 25.8 Å². The summed E-state index contributed by atoms with van der Waals surface area (Å²) in [6.07, 6.45) is 1.39. The second-order valence-corrected chi connectivity index (χ2v) is 6.39. The number of carbonyl (C=O) groups is 1. The Bertz CT molecular complexity index is 603. The maximum Gasteiger partial charge on any atom is 0.262 e. The molecule has 0 saturated carbocycles. The van der Waals surface area contributed by atoms with Gasteiger partial charge in [-0.05, 0) is 30.7 Å². The Morgan fingerprint density at radius 2 is 2.12 bits per heavy atom. The molecule has 3 rings (SSSR count). The molecule has 2 heterocycles. The number of rotatable bonds is 4.